The van der Waals surface area contributed by atoms with E-state index >= 15 is 0 Å². The van der Waals surface area contributed by atoms with Crippen molar-refractivity contribution in [3.8, 4) is 0 Å². The van der Waals surface area contributed by atoms with Gasteiger partial charge in [0.15, 0.2) is 0 Å². The summed E-state index contributed by atoms with van der Waals surface area (Å²) >= 11 is 1.94. The van der Waals surface area contributed by atoms with Crippen molar-refractivity contribution in [1.82, 2.24) is 5.43 Å². The van der Waals surface area contributed by atoms with Gasteiger partial charge in [0.25, 0.3) is 0 Å². The van der Waals surface area contributed by atoms with Crippen molar-refractivity contribution < 1.29 is 0 Å². The highest BCUT2D eigenvalue weighted by Gasteiger charge is 2.19. The Kier molecular flexibility index (Phi) is 3.92. The summed E-state index contributed by atoms with van der Waals surface area (Å²) in [7, 11) is 0. The van der Waals surface area contributed by atoms with Gasteiger partial charge in [-0.3, -0.25) is 11.3 Å². The highest BCUT2D eigenvalue weighted by Crippen LogP contribution is 2.34. The fraction of sp³-hybridized carbons (Fsp3) is 0.412. The second-order valence-electron chi connectivity index (χ2n) is 5.87. The summed E-state index contributed by atoms with van der Waals surface area (Å²) in [5.74, 6) is 5.80. The molecule has 0 bridgehead atoms. The Balaban J connectivity index is 1.82. The number of hydrogen-bond acceptors (Lipinski definition) is 3. The number of nitrogens with one attached hydrogen (secondary N) is 1. The zero-order valence-corrected chi connectivity index (χ0v) is 13.0. The van der Waals surface area contributed by atoms with E-state index in [9.17, 15) is 0 Å². The molecule has 0 aliphatic heterocycles. The molecule has 0 spiro atoms. The van der Waals surface area contributed by atoms with Crippen molar-refractivity contribution in [2.24, 2.45) is 5.84 Å². The van der Waals surface area contributed by atoms with Crippen LogP contribution in [0.2, 0.25) is 0 Å². The molecular formula is C17H22N2S. The van der Waals surface area contributed by atoms with Crippen LogP contribution >= 0.6 is 11.3 Å². The first kappa shape index (κ1) is 13.8. The van der Waals surface area contributed by atoms with E-state index in [0.717, 1.165) is 6.42 Å². The summed E-state index contributed by atoms with van der Waals surface area (Å²) in [6, 6.07) is 9.33. The molecule has 20 heavy (non-hydrogen) atoms. The predicted molar refractivity (Wildman–Crippen MR) is 86.0 cm³/mol. The summed E-state index contributed by atoms with van der Waals surface area (Å²) in [5, 5.41) is 0. The molecule has 3 heteroatoms. The van der Waals surface area contributed by atoms with Crippen LogP contribution in [0, 0.1) is 13.8 Å². The zero-order valence-electron chi connectivity index (χ0n) is 12.2. The Morgan fingerprint density at radius 3 is 2.55 bits per heavy atom. The fourth-order valence-corrected chi connectivity index (χ4v) is 4.51. The number of fused-ring (bicyclic) bond motifs is 1. The third-order valence-corrected chi connectivity index (χ3v) is 5.38. The average Bonchev–Trinajstić information content (AvgIpc) is 2.95. The van der Waals surface area contributed by atoms with Crippen molar-refractivity contribution in [2.45, 2.75) is 45.6 Å². The van der Waals surface area contributed by atoms with Gasteiger partial charge in [0.05, 0.1) is 6.04 Å². The number of aryl methyl sites for hydroxylation is 4. The van der Waals surface area contributed by atoms with Gasteiger partial charge < -0.3 is 0 Å². The standard InChI is InChI=1S/C17H22N2S/c1-11-6-12(2)8-13(7-11)9-15(19-18)17-10-14-4-3-5-16(14)20-17/h6-8,10,15,19H,3-5,9,18H2,1-2H3. The summed E-state index contributed by atoms with van der Waals surface area (Å²) in [5.41, 5.74) is 8.56. The third kappa shape index (κ3) is 2.80. The summed E-state index contributed by atoms with van der Waals surface area (Å²) in [4.78, 5) is 2.96. The van der Waals surface area contributed by atoms with Gasteiger partial charge in [-0.05, 0) is 56.7 Å². The summed E-state index contributed by atoms with van der Waals surface area (Å²) in [6.45, 7) is 4.31. The Morgan fingerprint density at radius 2 is 1.90 bits per heavy atom. The van der Waals surface area contributed by atoms with E-state index in [1.54, 1.807) is 10.4 Å². The Labute approximate surface area is 125 Å². The number of rotatable bonds is 4. The van der Waals surface area contributed by atoms with Crippen LogP contribution in [-0.2, 0) is 19.3 Å². The number of hydrogen-bond donors (Lipinski definition) is 2. The van der Waals surface area contributed by atoms with Gasteiger partial charge in [-0.1, -0.05) is 29.3 Å². The number of thiophene rings is 1. The summed E-state index contributed by atoms with van der Waals surface area (Å²) < 4.78 is 0. The van der Waals surface area contributed by atoms with E-state index in [4.69, 9.17) is 5.84 Å². The maximum Gasteiger partial charge on any atom is 0.0593 e. The molecule has 3 N–H and O–H groups in total. The lowest BCUT2D eigenvalue weighted by Crippen LogP contribution is -2.29. The molecule has 1 aromatic heterocycles. The van der Waals surface area contributed by atoms with Crippen LogP contribution in [0.3, 0.4) is 0 Å². The van der Waals surface area contributed by atoms with Gasteiger partial charge >= 0.3 is 0 Å². The van der Waals surface area contributed by atoms with Crippen molar-refractivity contribution in [2.75, 3.05) is 0 Å². The maximum absolute atomic E-state index is 5.80. The van der Waals surface area contributed by atoms with E-state index in [1.165, 1.54) is 40.8 Å². The van der Waals surface area contributed by atoms with Gasteiger partial charge in [0.1, 0.15) is 0 Å². The number of hydrazine groups is 1. The first-order chi connectivity index (χ1) is 9.65. The molecule has 0 saturated carbocycles. The molecule has 0 radical (unpaired) electrons. The van der Waals surface area contributed by atoms with Crippen LogP contribution in [0.5, 0.6) is 0 Å². The SMILES string of the molecule is Cc1cc(C)cc(CC(NN)c2cc3c(s2)CCC3)c1. The second kappa shape index (κ2) is 5.68. The van der Waals surface area contributed by atoms with Crippen LogP contribution in [0.1, 0.15) is 44.5 Å². The van der Waals surface area contributed by atoms with Crippen LogP contribution in [0.4, 0.5) is 0 Å². The minimum absolute atomic E-state index is 0.229. The topological polar surface area (TPSA) is 38.0 Å². The molecule has 1 aliphatic rings. The minimum atomic E-state index is 0.229. The van der Waals surface area contributed by atoms with Crippen LogP contribution < -0.4 is 11.3 Å². The zero-order chi connectivity index (χ0) is 14.1. The van der Waals surface area contributed by atoms with E-state index < -0.39 is 0 Å². The Bertz CT molecular complexity index is 574. The van der Waals surface area contributed by atoms with Crippen molar-refractivity contribution in [3.05, 3.63) is 56.3 Å². The highest BCUT2D eigenvalue weighted by molar-refractivity contribution is 7.12. The molecule has 2 aromatic rings. The Morgan fingerprint density at radius 1 is 1.15 bits per heavy atom. The normalized spacial score (nSPS) is 15.3. The highest BCUT2D eigenvalue weighted by atomic mass is 32.1. The third-order valence-electron chi connectivity index (χ3n) is 4.03. The predicted octanol–water partition coefficient (Wildman–Crippen LogP) is 3.60. The maximum atomic E-state index is 5.80. The first-order valence-electron chi connectivity index (χ1n) is 7.30. The molecule has 1 heterocycles. The van der Waals surface area contributed by atoms with Gasteiger partial charge in [-0.25, -0.2) is 0 Å². The molecule has 0 amide bonds. The molecule has 3 rings (SSSR count). The number of nitrogens with two attached hydrogens (primary N) is 1. The molecule has 1 aliphatic carbocycles. The molecule has 106 valence electrons. The lowest BCUT2D eigenvalue weighted by atomic mass is 10.0. The van der Waals surface area contributed by atoms with Gasteiger partial charge in [-0.2, -0.15) is 0 Å². The lowest BCUT2D eigenvalue weighted by Gasteiger charge is -2.15. The molecule has 1 unspecified atom stereocenters. The monoisotopic (exact) mass is 286 g/mol. The molecule has 1 aromatic carbocycles. The van der Waals surface area contributed by atoms with E-state index in [-0.39, 0.29) is 6.04 Å². The van der Waals surface area contributed by atoms with E-state index in [0.29, 0.717) is 0 Å². The quantitative estimate of drug-likeness (QED) is 0.666. The number of benzene rings is 1. The lowest BCUT2D eigenvalue weighted by molar-refractivity contribution is 0.560. The molecule has 0 saturated heterocycles. The van der Waals surface area contributed by atoms with Crippen LogP contribution in [0.15, 0.2) is 24.3 Å². The smallest absolute Gasteiger partial charge is 0.0593 e. The second-order valence-corrected chi connectivity index (χ2v) is 7.04. The van der Waals surface area contributed by atoms with E-state index in [2.05, 4.69) is 43.5 Å². The molecular weight excluding hydrogens is 264 g/mol. The molecule has 0 fully saturated rings. The summed E-state index contributed by atoms with van der Waals surface area (Å²) in [6.07, 6.45) is 4.77. The molecule has 1 atom stereocenters. The van der Waals surface area contributed by atoms with Crippen LogP contribution in [0.25, 0.3) is 0 Å². The minimum Gasteiger partial charge on any atom is -0.271 e. The molecule has 2 nitrogen and oxygen atoms in total. The van der Waals surface area contributed by atoms with Gasteiger partial charge in [0, 0.05) is 9.75 Å². The Hall–Kier alpha value is -1.16. The van der Waals surface area contributed by atoms with Gasteiger partial charge in [-0.15, -0.1) is 11.3 Å². The van der Waals surface area contributed by atoms with E-state index in [1.807, 2.05) is 11.3 Å². The first-order valence-corrected chi connectivity index (χ1v) is 8.12. The average molecular weight is 286 g/mol. The fourth-order valence-electron chi connectivity index (χ4n) is 3.19. The van der Waals surface area contributed by atoms with Crippen molar-refractivity contribution in [1.29, 1.82) is 0 Å². The van der Waals surface area contributed by atoms with Crippen LogP contribution in [-0.4, -0.2) is 0 Å². The van der Waals surface area contributed by atoms with Gasteiger partial charge in [0.2, 0.25) is 0 Å². The van der Waals surface area contributed by atoms with Crippen molar-refractivity contribution in [3.63, 3.8) is 0 Å². The largest absolute Gasteiger partial charge is 0.271 e. The van der Waals surface area contributed by atoms with Crippen molar-refractivity contribution >= 4 is 11.3 Å².